The third-order valence-electron chi connectivity index (χ3n) is 4.37. The molecule has 1 unspecified atom stereocenters. The van der Waals surface area contributed by atoms with Crippen LogP contribution in [-0.4, -0.2) is 28.1 Å². The number of hydrogen-bond donors (Lipinski definition) is 1. The Bertz CT molecular complexity index is 398. The molecule has 1 aliphatic rings. The molecule has 108 valence electrons. The zero-order chi connectivity index (χ0) is 14.0. The smallest absolute Gasteiger partial charge is 0.0350 e. The summed E-state index contributed by atoms with van der Waals surface area (Å²) in [5.74, 6) is 0. The molecule has 0 spiro atoms. The van der Waals surface area contributed by atoms with Crippen molar-refractivity contribution in [2.75, 3.05) is 6.54 Å². The Balaban J connectivity index is 2.04. The van der Waals surface area contributed by atoms with Crippen molar-refractivity contribution in [1.82, 2.24) is 9.47 Å². The van der Waals surface area contributed by atoms with Crippen LogP contribution in [0.2, 0.25) is 0 Å². The van der Waals surface area contributed by atoms with E-state index in [1.165, 1.54) is 24.1 Å². The van der Waals surface area contributed by atoms with Gasteiger partial charge in [-0.2, -0.15) is 0 Å². The van der Waals surface area contributed by atoms with Crippen LogP contribution >= 0.6 is 0 Å². The summed E-state index contributed by atoms with van der Waals surface area (Å²) in [7, 11) is 0. The summed E-state index contributed by atoms with van der Waals surface area (Å²) in [6.45, 7) is 11.3. The van der Waals surface area contributed by atoms with E-state index in [0.29, 0.717) is 12.1 Å². The first kappa shape index (κ1) is 14.6. The van der Waals surface area contributed by atoms with E-state index in [9.17, 15) is 0 Å². The number of nitrogens with zero attached hydrogens (tertiary/aromatic N) is 2. The lowest BCUT2D eigenvalue weighted by Gasteiger charge is -2.31. The highest BCUT2D eigenvalue weighted by molar-refractivity contribution is 5.28. The van der Waals surface area contributed by atoms with Gasteiger partial charge < -0.3 is 10.3 Å². The molecule has 0 amide bonds. The SMILES string of the molecule is CC(C)N(CCn1ccc2c1CCCC2N)C(C)C. The zero-order valence-electron chi connectivity index (χ0n) is 12.9. The highest BCUT2D eigenvalue weighted by atomic mass is 15.2. The molecule has 0 radical (unpaired) electrons. The van der Waals surface area contributed by atoms with Gasteiger partial charge in [0.15, 0.2) is 0 Å². The third kappa shape index (κ3) is 3.21. The fourth-order valence-electron chi connectivity index (χ4n) is 3.34. The van der Waals surface area contributed by atoms with E-state index in [4.69, 9.17) is 5.73 Å². The molecule has 1 aromatic rings. The van der Waals surface area contributed by atoms with Crippen molar-refractivity contribution in [3.05, 3.63) is 23.5 Å². The zero-order valence-corrected chi connectivity index (χ0v) is 12.9. The number of rotatable bonds is 5. The minimum atomic E-state index is 0.260. The standard InChI is InChI=1S/C16H29N3/c1-12(2)19(13(3)4)11-10-18-9-8-14-15(17)6-5-7-16(14)18/h8-9,12-13,15H,5-7,10-11,17H2,1-4H3. The fraction of sp³-hybridized carbons (Fsp3) is 0.750. The van der Waals surface area contributed by atoms with Gasteiger partial charge in [-0.3, -0.25) is 4.90 Å². The van der Waals surface area contributed by atoms with Gasteiger partial charge in [-0.1, -0.05) is 0 Å². The number of aromatic nitrogens is 1. The molecule has 1 aliphatic carbocycles. The molecule has 1 aromatic heterocycles. The van der Waals surface area contributed by atoms with Gasteiger partial charge in [-0.25, -0.2) is 0 Å². The molecule has 0 fully saturated rings. The van der Waals surface area contributed by atoms with Gasteiger partial charge in [0.25, 0.3) is 0 Å². The second-order valence-electron chi connectivity index (χ2n) is 6.34. The van der Waals surface area contributed by atoms with Crippen LogP contribution in [0.1, 0.15) is 57.8 Å². The summed E-state index contributed by atoms with van der Waals surface area (Å²) in [6.07, 6.45) is 5.80. The molecule has 0 saturated heterocycles. The highest BCUT2D eigenvalue weighted by Crippen LogP contribution is 2.28. The van der Waals surface area contributed by atoms with E-state index < -0.39 is 0 Å². The topological polar surface area (TPSA) is 34.2 Å². The molecule has 3 nitrogen and oxygen atoms in total. The van der Waals surface area contributed by atoms with Crippen molar-refractivity contribution in [3.8, 4) is 0 Å². The van der Waals surface area contributed by atoms with Crippen LogP contribution in [-0.2, 0) is 13.0 Å². The van der Waals surface area contributed by atoms with Crippen LogP contribution in [0.3, 0.4) is 0 Å². The van der Waals surface area contributed by atoms with Gasteiger partial charge in [0.1, 0.15) is 0 Å². The van der Waals surface area contributed by atoms with E-state index in [2.05, 4.69) is 49.4 Å². The molecular formula is C16H29N3. The van der Waals surface area contributed by atoms with Gasteiger partial charge in [0.2, 0.25) is 0 Å². The maximum absolute atomic E-state index is 6.19. The van der Waals surface area contributed by atoms with Crippen molar-refractivity contribution in [2.24, 2.45) is 5.73 Å². The Morgan fingerprint density at radius 2 is 2.00 bits per heavy atom. The highest BCUT2D eigenvalue weighted by Gasteiger charge is 2.20. The fourth-order valence-corrected chi connectivity index (χ4v) is 3.34. The normalized spacial score (nSPS) is 19.5. The van der Waals surface area contributed by atoms with Crippen LogP contribution in [0.25, 0.3) is 0 Å². The summed E-state index contributed by atoms with van der Waals surface area (Å²) in [6, 6.07) is 3.70. The van der Waals surface area contributed by atoms with Crippen molar-refractivity contribution < 1.29 is 0 Å². The van der Waals surface area contributed by atoms with Gasteiger partial charge in [0.05, 0.1) is 0 Å². The first-order valence-corrected chi connectivity index (χ1v) is 7.70. The van der Waals surface area contributed by atoms with E-state index >= 15 is 0 Å². The van der Waals surface area contributed by atoms with Gasteiger partial charge in [0, 0.05) is 43.1 Å². The van der Waals surface area contributed by atoms with E-state index in [0.717, 1.165) is 19.5 Å². The number of fused-ring (bicyclic) bond motifs is 1. The first-order valence-electron chi connectivity index (χ1n) is 7.70. The number of nitrogens with two attached hydrogens (primary N) is 1. The van der Waals surface area contributed by atoms with Crippen molar-refractivity contribution in [1.29, 1.82) is 0 Å². The molecule has 19 heavy (non-hydrogen) atoms. The van der Waals surface area contributed by atoms with Crippen LogP contribution < -0.4 is 5.73 Å². The van der Waals surface area contributed by atoms with Crippen molar-refractivity contribution in [3.63, 3.8) is 0 Å². The molecule has 2 rings (SSSR count). The summed E-state index contributed by atoms with van der Waals surface area (Å²) < 4.78 is 2.42. The summed E-state index contributed by atoms with van der Waals surface area (Å²) in [5, 5.41) is 0. The minimum Gasteiger partial charge on any atom is -0.350 e. The summed E-state index contributed by atoms with van der Waals surface area (Å²) in [5.41, 5.74) is 9.05. The summed E-state index contributed by atoms with van der Waals surface area (Å²) in [4.78, 5) is 2.55. The monoisotopic (exact) mass is 263 g/mol. The second kappa shape index (κ2) is 6.10. The lowest BCUT2D eigenvalue weighted by molar-refractivity contribution is 0.167. The average molecular weight is 263 g/mol. The Kier molecular flexibility index (Phi) is 4.69. The maximum atomic E-state index is 6.19. The van der Waals surface area contributed by atoms with E-state index in [-0.39, 0.29) is 6.04 Å². The minimum absolute atomic E-state index is 0.260. The van der Waals surface area contributed by atoms with Crippen LogP contribution in [0, 0.1) is 0 Å². The Labute approximate surface area is 117 Å². The largest absolute Gasteiger partial charge is 0.350 e. The van der Waals surface area contributed by atoms with Gasteiger partial charge >= 0.3 is 0 Å². The predicted octanol–water partition coefficient (Wildman–Crippen LogP) is 2.94. The molecule has 0 saturated carbocycles. The predicted molar refractivity (Wildman–Crippen MR) is 81.3 cm³/mol. The quantitative estimate of drug-likeness (QED) is 0.886. The molecule has 1 heterocycles. The maximum Gasteiger partial charge on any atom is 0.0350 e. The molecule has 1 atom stereocenters. The Hall–Kier alpha value is -0.800. The molecule has 3 heteroatoms. The van der Waals surface area contributed by atoms with E-state index in [1.54, 1.807) is 0 Å². The van der Waals surface area contributed by atoms with Crippen molar-refractivity contribution in [2.45, 2.75) is 71.6 Å². The summed E-state index contributed by atoms with van der Waals surface area (Å²) >= 11 is 0. The molecule has 0 aliphatic heterocycles. The van der Waals surface area contributed by atoms with Gasteiger partial charge in [-0.05, 0) is 58.6 Å². The lowest BCUT2D eigenvalue weighted by Crippen LogP contribution is -2.39. The third-order valence-corrected chi connectivity index (χ3v) is 4.37. The second-order valence-corrected chi connectivity index (χ2v) is 6.34. The Morgan fingerprint density at radius 3 is 2.63 bits per heavy atom. The first-order chi connectivity index (χ1) is 9.00. The van der Waals surface area contributed by atoms with Crippen molar-refractivity contribution >= 4 is 0 Å². The molecule has 2 N–H and O–H groups in total. The molecule has 0 bridgehead atoms. The van der Waals surface area contributed by atoms with Gasteiger partial charge in [-0.15, -0.1) is 0 Å². The van der Waals surface area contributed by atoms with Crippen LogP contribution in [0.15, 0.2) is 12.3 Å². The number of hydrogen-bond acceptors (Lipinski definition) is 2. The lowest BCUT2D eigenvalue weighted by atomic mass is 9.94. The molecular weight excluding hydrogens is 234 g/mol. The Morgan fingerprint density at radius 1 is 1.32 bits per heavy atom. The molecule has 0 aromatic carbocycles. The van der Waals surface area contributed by atoms with Crippen LogP contribution in [0.5, 0.6) is 0 Å². The van der Waals surface area contributed by atoms with E-state index in [1.807, 2.05) is 0 Å². The van der Waals surface area contributed by atoms with Crippen LogP contribution in [0.4, 0.5) is 0 Å². The average Bonchev–Trinajstić information content (AvgIpc) is 2.73.